The summed E-state index contributed by atoms with van der Waals surface area (Å²) in [6.45, 7) is 0.809. The van der Waals surface area contributed by atoms with E-state index in [0.29, 0.717) is 9.47 Å². The summed E-state index contributed by atoms with van der Waals surface area (Å²) in [6, 6.07) is 0. The third-order valence-corrected chi connectivity index (χ3v) is 3.04. The number of aliphatic hydroxyl groups is 2. The zero-order valence-corrected chi connectivity index (χ0v) is 16.2. The molecule has 0 amide bonds. The third kappa shape index (κ3) is 6.14. The van der Waals surface area contributed by atoms with Crippen LogP contribution in [0.4, 0.5) is 0 Å². The average Bonchev–Trinajstić information content (AvgIpc) is 2.31. The van der Waals surface area contributed by atoms with Crippen molar-refractivity contribution >= 4 is 47.6 Å². The number of hydrogen-bond donors (Lipinski definition) is 5. The second-order valence-electron chi connectivity index (χ2n) is 3.31. The van der Waals surface area contributed by atoms with Gasteiger partial charge in [-0.3, -0.25) is 9.55 Å². The molecular weight excluding hydrogens is 542 g/mol. The molecule has 1 aromatic rings. The fourth-order valence-corrected chi connectivity index (χ4v) is 1.82. The van der Waals surface area contributed by atoms with Crippen LogP contribution in [0.25, 0.3) is 0 Å². The molecule has 0 aliphatic carbocycles. The third-order valence-electron chi connectivity index (χ3n) is 2.13. The summed E-state index contributed by atoms with van der Waals surface area (Å²) >= 11 is 4.74. The number of aliphatic hydroxyl groups excluding tert-OH is 2. The van der Waals surface area contributed by atoms with Crippen molar-refractivity contribution in [1.29, 1.82) is 0 Å². The van der Waals surface area contributed by atoms with E-state index in [9.17, 15) is 14.8 Å². The van der Waals surface area contributed by atoms with Crippen LogP contribution in [-0.4, -0.2) is 30.1 Å². The standard InChI is InChI=1S/C8H12NO6P.2HI.V/c1-4-7(11)6(3-10)5(2-9-4)8(12)16(13,14)15;;;/h2,8,10-12H,3H2,1H3,(H2,13,14,15);2*1H;/q;;;+2/p-2. The molecule has 1 rings (SSSR count). The number of hydrogen-bond acceptors (Lipinski definition) is 5. The van der Waals surface area contributed by atoms with E-state index < -0.39 is 20.0 Å². The van der Waals surface area contributed by atoms with Crippen molar-refractivity contribution in [2.24, 2.45) is 0 Å². The van der Waals surface area contributed by atoms with Crippen molar-refractivity contribution in [3.63, 3.8) is 0 Å². The Kier molecular flexibility index (Phi) is 9.67. The number of rotatable bonds is 3. The van der Waals surface area contributed by atoms with E-state index in [2.05, 4.69) is 44.9 Å². The van der Waals surface area contributed by atoms with Crippen molar-refractivity contribution in [2.45, 2.75) is 19.4 Å². The van der Waals surface area contributed by atoms with Crippen molar-refractivity contribution < 1.29 is 39.1 Å². The number of halogens is 2. The van der Waals surface area contributed by atoms with Gasteiger partial charge in [0.15, 0.2) is 5.85 Å². The van der Waals surface area contributed by atoms with E-state index in [1.165, 1.54) is 6.92 Å². The van der Waals surface area contributed by atoms with Gasteiger partial charge >= 0.3 is 57.0 Å². The Balaban J connectivity index is 0.000000982. The molecule has 0 spiro atoms. The molecule has 0 aromatic carbocycles. The predicted molar refractivity (Wildman–Crippen MR) is 81.6 cm³/mol. The zero-order valence-electron chi connectivity index (χ0n) is 9.60. The molecule has 0 saturated heterocycles. The molecule has 0 bridgehead atoms. The Morgan fingerprint density at radius 2 is 1.95 bits per heavy atom. The quantitative estimate of drug-likeness (QED) is 0.283. The molecule has 1 unspecified atom stereocenters. The van der Waals surface area contributed by atoms with Crippen LogP contribution in [0.1, 0.15) is 22.7 Å². The Bertz CT molecular complexity index is 471. The van der Waals surface area contributed by atoms with Crippen molar-refractivity contribution in [3.8, 4) is 5.75 Å². The predicted octanol–water partition coefficient (Wildman–Crippen LogP) is 1.53. The van der Waals surface area contributed by atoms with Crippen LogP contribution in [0.15, 0.2) is 6.20 Å². The summed E-state index contributed by atoms with van der Waals surface area (Å²) in [5, 5.41) is 27.9. The molecule has 0 saturated carbocycles. The Morgan fingerprint density at radius 1 is 1.47 bits per heavy atom. The molecule has 0 aliphatic rings. The topological polar surface area (TPSA) is 131 Å². The van der Waals surface area contributed by atoms with Crippen LogP contribution < -0.4 is 0 Å². The summed E-state index contributed by atoms with van der Waals surface area (Å²) < 4.78 is 10.8. The SMILES string of the molecule is Cc1ncc(C(O)P(=O)(O)O)c(CO)c1O.[I][V][I]. The molecule has 19 heavy (non-hydrogen) atoms. The normalized spacial score (nSPS) is 12.4. The van der Waals surface area contributed by atoms with Crippen LogP contribution in [0.2, 0.25) is 0 Å². The molecule has 11 heteroatoms. The van der Waals surface area contributed by atoms with Crippen LogP contribution in [0, 0.1) is 6.92 Å². The van der Waals surface area contributed by atoms with Gasteiger partial charge in [-0.25, -0.2) is 0 Å². The van der Waals surface area contributed by atoms with Crippen LogP contribution in [0.5, 0.6) is 5.75 Å². The molecule has 1 aromatic heterocycles. The van der Waals surface area contributed by atoms with Gasteiger partial charge in [0.2, 0.25) is 0 Å². The van der Waals surface area contributed by atoms with Crippen molar-refractivity contribution in [1.82, 2.24) is 4.98 Å². The summed E-state index contributed by atoms with van der Waals surface area (Å²) in [5.41, 5.74) is -0.215. The maximum atomic E-state index is 10.8. The first kappa shape index (κ1) is 20.1. The number of nitrogens with zero attached hydrogens (tertiary/aromatic N) is 1. The van der Waals surface area contributed by atoms with E-state index in [1.54, 1.807) is 0 Å². The van der Waals surface area contributed by atoms with Gasteiger partial charge in [0.05, 0.1) is 12.3 Å². The maximum absolute atomic E-state index is 10.8. The molecular formula is C8H12I2NO6PV. The van der Waals surface area contributed by atoms with Crippen LogP contribution >= 0.6 is 47.6 Å². The summed E-state index contributed by atoms with van der Waals surface area (Å²) in [5.74, 6) is -2.49. The van der Waals surface area contributed by atoms with Gasteiger partial charge in [-0.1, -0.05) is 0 Å². The van der Waals surface area contributed by atoms with Gasteiger partial charge in [0, 0.05) is 17.3 Å². The van der Waals surface area contributed by atoms with Gasteiger partial charge in [0.25, 0.3) is 0 Å². The average molecular weight is 554 g/mol. The zero-order chi connectivity index (χ0) is 15.2. The fraction of sp³-hybridized carbons (Fsp3) is 0.375. The van der Waals surface area contributed by atoms with E-state index in [1.807, 2.05) is 0 Å². The van der Waals surface area contributed by atoms with Gasteiger partial charge in [0.1, 0.15) is 5.75 Å². The molecule has 0 radical (unpaired) electrons. The first-order valence-corrected chi connectivity index (χ1v) is 15.3. The first-order valence-electron chi connectivity index (χ1n) is 4.64. The summed E-state index contributed by atoms with van der Waals surface area (Å²) in [4.78, 5) is 21.2. The van der Waals surface area contributed by atoms with Crippen molar-refractivity contribution in [2.75, 3.05) is 0 Å². The molecule has 5 N–H and O–H groups in total. The van der Waals surface area contributed by atoms with E-state index in [-0.39, 0.29) is 22.6 Å². The molecule has 1 heterocycles. The van der Waals surface area contributed by atoms with Gasteiger partial charge in [-0.05, 0) is 6.92 Å². The number of aromatic hydroxyl groups is 1. The Morgan fingerprint density at radius 3 is 2.32 bits per heavy atom. The minimum absolute atomic E-state index is 0.136. The minimum atomic E-state index is -4.76. The van der Waals surface area contributed by atoms with Crippen LogP contribution in [0.3, 0.4) is 0 Å². The Labute approximate surface area is 138 Å². The van der Waals surface area contributed by atoms with Crippen LogP contribution in [-0.2, 0) is 20.6 Å². The number of aryl methyl sites for hydroxylation is 1. The Hall–Kier alpha value is 1.06. The monoisotopic (exact) mass is 554 g/mol. The van der Waals surface area contributed by atoms with Gasteiger partial charge in [-0.2, -0.15) is 0 Å². The van der Waals surface area contributed by atoms with E-state index in [4.69, 9.17) is 14.9 Å². The van der Waals surface area contributed by atoms with E-state index >= 15 is 0 Å². The number of pyridine rings is 1. The molecule has 0 aliphatic heterocycles. The fourth-order valence-electron chi connectivity index (χ4n) is 1.23. The molecule has 0 fully saturated rings. The molecule has 7 nitrogen and oxygen atoms in total. The summed E-state index contributed by atoms with van der Waals surface area (Å²) in [6.07, 6.45) is 1.02. The van der Waals surface area contributed by atoms with Crippen molar-refractivity contribution in [3.05, 3.63) is 23.0 Å². The second kappa shape index (κ2) is 9.16. The van der Waals surface area contributed by atoms with Gasteiger partial charge in [-0.15, -0.1) is 0 Å². The van der Waals surface area contributed by atoms with Gasteiger partial charge < -0.3 is 25.1 Å². The van der Waals surface area contributed by atoms with E-state index in [0.717, 1.165) is 6.20 Å². The second-order valence-corrected chi connectivity index (χ2v) is 16.8. The molecule has 1 atom stereocenters. The number of aromatic nitrogens is 1. The first-order chi connectivity index (χ1) is 8.70. The molecule has 109 valence electrons. The summed E-state index contributed by atoms with van der Waals surface area (Å²) in [7, 11) is -4.13.